The molecule has 14 heteroatoms. The smallest absolute Gasteiger partial charge is 0.271 e. The van der Waals surface area contributed by atoms with E-state index in [2.05, 4.69) is 5.32 Å². The van der Waals surface area contributed by atoms with Crippen molar-refractivity contribution >= 4 is 56.4 Å². The Hall–Kier alpha value is -3.87. The molecule has 0 radical (unpaired) electrons. The van der Waals surface area contributed by atoms with Gasteiger partial charge in [-0.25, -0.2) is 8.42 Å². The van der Waals surface area contributed by atoms with Gasteiger partial charge in [0.15, 0.2) is 0 Å². The lowest BCUT2D eigenvalue weighted by atomic mass is 10.0. The van der Waals surface area contributed by atoms with Gasteiger partial charge in [-0.2, -0.15) is 0 Å². The van der Waals surface area contributed by atoms with Gasteiger partial charge in [0.05, 0.1) is 18.3 Å². The van der Waals surface area contributed by atoms with E-state index in [4.69, 9.17) is 27.9 Å². The van der Waals surface area contributed by atoms with Crippen molar-refractivity contribution in [1.29, 1.82) is 0 Å². The SMILES string of the molecule is CNC(=O)[C@@H](Cc1ccccc1)N(Cc1ccc(Cl)cc1Cl)C(=O)CN(c1cc([N+](=O)[O-])ccc1OC)S(C)(=O)=O. The molecule has 1 atom stereocenters. The minimum absolute atomic E-state index is 0.00624. The molecular weight excluding hydrogens is 595 g/mol. The Balaban J connectivity index is 2.12. The number of methoxy groups -OCH3 is 1. The Bertz CT molecular complexity index is 1540. The number of benzene rings is 3. The number of ether oxygens (including phenoxy) is 1. The average Bonchev–Trinajstić information content (AvgIpc) is 2.93. The first-order valence-corrected chi connectivity index (χ1v) is 14.7. The van der Waals surface area contributed by atoms with Gasteiger partial charge in [-0.1, -0.05) is 59.6 Å². The Kier molecular flexibility index (Phi) is 10.5. The van der Waals surface area contributed by atoms with Crippen LogP contribution in [0, 0.1) is 10.1 Å². The number of carbonyl (C=O) groups excluding carboxylic acids is 2. The molecule has 3 aromatic rings. The Morgan fingerprint density at radius 1 is 1.07 bits per heavy atom. The molecule has 0 fully saturated rings. The summed E-state index contributed by atoms with van der Waals surface area (Å²) in [5.74, 6) is -1.26. The van der Waals surface area contributed by atoms with Crippen molar-refractivity contribution in [1.82, 2.24) is 10.2 Å². The first kappa shape index (κ1) is 31.7. The van der Waals surface area contributed by atoms with Crippen LogP contribution in [0.15, 0.2) is 66.7 Å². The first-order valence-electron chi connectivity index (χ1n) is 12.1. The molecule has 2 amide bonds. The third kappa shape index (κ3) is 8.09. The standard InChI is InChI=1S/C27H28Cl2N4O7S/c1-30-27(35)24(13-18-7-5-4-6-8-18)31(16-19-9-10-20(28)14-22(19)29)26(34)17-32(41(3,38)39)23-15-21(33(36)37)11-12-25(23)40-2/h4-12,14-15,24H,13,16-17H2,1-3H3,(H,30,35)/t24-/m1/s1. The topological polar surface area (TPSA) is 139 Å². The largest absolute Gasteiger partial charge is 0.495 e. The molecule has 0 saturated heterocycles. The van der Waals surface area contributed by atoms with Gasteiger partial charge in [0, 0.05) is 42.2 Å². The van der Waals surface area contributed by atoms with E-state index in [0.29, 0.717) is 14.9 Å². The number of carbonyl (C=O) groups is 2. The van der Waals surface area contributed by atoms with Crippen LogP contribution >= 0.6 is 23.2 Å². The van der Waals surface area contributed by atoms with Crippen LogP contribution < -0.4 is 14.4 Å². The number of nitro benzene ring substituents is 1. The summed E-state index contributed by atoms with van der Waals surface area (Å²) in [5, 5.41) is 14.6. The van der Waals surface area contributed by atoms with Gasteiger partial charge in [0.2, 0.25) is 21.8 Å². The fourth-order valence-electron chi connectivity index (χ4n) is 4.14. The summed E-state index contributed by atoms with van der Waals surface area (Å²) in [4.78, 5) is 39.2. The molecule has 1 N–H and O–H groups in total. The predicted octanol–water partition coefficient (Wildman–Crippen LogP) is 4.06. The molecule has 0 spiro atoms. The van der Waals surface area contributed by atoms with E-state index in [-0.39, 0.29) is 29.4 Å². The van der Waals surface area contributed by atoms with Crippen LogP contribution in [0.4, 0.5) is 11.4 Å². The zero-order valence-electron chi connectivity index (χ0n) is 22.4. The van der Waals surface area contributed by atoms with Crippen molar-refractivity contribution in [2.75, 3.05) is 31.3 Å². The number of anilines is 1. The second-order valence-electron chi connectivity index (χ2n) is 8.96. The van der Waals surface area contributed by atoms with E-state index >= 15 is 0 Å². The summed E-state index contributed by atoms with van der Waals surface area (Å²) in [6, 6.07) is 16.0. The summed E-state index contributed by atoms with van der Waals surface area (Å²) >= 11 is 12.5. The number of hydrogen-bond acceptors (Lipinski definition) is 7. The number of nitro groups is 1. The van der Waals surface area contributed by atoms with Crippen molar-refractivity contribution in [3.8, 4) is 5.75 Å². The van der Waals surface area contributed by atoms with Gasteiger partial charge >= 0.3 is 0 Å². The normalized spacial score (nSPS) is 11.8. The van der Waals surface area contributed by atoms with Crippen molar-refractivity contribution in [2.45, 2.75) is 19.0 Å². The Labute approximate surface area is 247 Å². The molecule has 3 aromatic carbocycles. The van der Waals surface area contributed by atoms with Gasteiger partial charge < -0.3 is 15.0 Å². The van der Waals surface area contributed by atoms with Crippen LogP contribution in [0.2, 0.25) is 10.0 Å². The van der Waals surface area contributed by atoms with Crippen LogP contribution in [0.3, 0.4) is 0 Å². The Morgan fingerprint density at radius 3 is 2.32 bits per heavy atom. The van der Waals surface area contributed by atoms with E-state index in [1.807, 2.05) is 6.07 Å². The zero-order chi connectivity index (χ0) is 30.3. The van der Waals surface area contributed by atoms with Gasteiger partial charge in [0.25, 0.3) is 5.69 Å². The highest BCUT2D eigenvalue weighted by atomic mass is 35.5. The van der Waals surface area contributed by atoms with E-state index in [1.54, 1.807) is 36.4 Å². The quantitative estimate of drug-likeness (QED) is 0.237. The average molecular weight is 624 g/mol. The summed E-state index contributed by atoms with van der Waals surface area (Å²) in [6.07, 6.45) is 0.968. The number of halogens is 2. The van der Waals surface area contributed by atoms with Gasteiger partial charge in [0.1, 0.15) is 24.0 Å². The maximum atomic E-state index is 14.0. The molecule has 41 heavy (non-hydrogen) atoms. The molecule has 3 rings (SSSR count). The summed E-state index contributed by atoms with van der Waals surface area (Å²) in [5.41, 5.74) is 0.604. The molecule has 11 nitrogen and oxygen atoms in total. The second-order valence-corrected chi connectivity index (χ2v) is 11.7. The molecule has 0 aromatic heterocycles. The molecule has 218 valence electrons. The predicted molar refractivity (Wildman–Crippen MR) is 157 cm³/mol. The monoisotopic (exact) mass is 622 g/mol. The lowest BCUT2D eigenvalue weighted by Crippen LogP contribution is -2.53. The fourth-order valence-corrected chi connectivity index (χ4v) is 5.45. The maximum absolute atomic E-state index is 14.0. The number of hydrogen-bond donors (Lipinski definition) is 1. The number of nitrogens with one attached hydrogen (secondary N) is 1. The third-order valence-electron chi connectivity index (χ3n) is 6.19. The lowest BCUT2D eigenvalue weighted by Gasteiger charge is -2.33. The fraction of sp³-hybridized carbons (Fsp3) is 0.259. The number of amides is 2. The molecule has 0 aliphatic heterocycles. The number of rotatable bonds is 12. The van der Waals surface area contributed by atoms with Crippen molar-refractivity contribution in [3.63, 3.8) is 0 Å². The minimum Gasteiger partial charge on any atom is -0.495 e. The third-order valence-corrected chi connectivity index (χ3v) is 7.91. The van der Waals surface area contributed by atoms with E-state index < -0.39 is 45.0 Å². The highest BCUT2D eigenvalue weighted by Crippen LogP contribution is 2.34. The molecule has 0 aliphatic rings. The van der Waals surface area contributed by atoms with E-state index in [1.165, 1.54) is 31.2 Å². The van der Waals surface area contributed by atoms with Crippen molar-refractivity contribution < 1.29 is 27.7 Å². The first-order chi connectivity index (χ1) is 19.3. The van der Waals surface area contributed by atoms with Crippen LogP contribution in [-0.2, 0) is 32.6 Å². The van der Waals surface area contributed by atoms with Gasteiger partial charge in [-0.15, -0.1) is 0 Å². The van der Waals surface area contributed by atoms with Crippen LogP contribution in [0.25, 0.3) is 0 Å². The van der Waals surface area contributed by atoms with E-state index in [9.17, 15) is 28.1 Å². The van der Waals surface area contributed by atoms with Crippen LogP contribution in [0.5, 0.6) is 5.75 Å². The van der Waals surface area contributed by atoms with Crippen molar-refractivity contribution in [3.05, 3.63) is 98.0 Å². The molecule has 0 unspecified atom stereocenters. The molecule has 0 bridgehead atoms. The maximum Gasteiger partial charge on any atom is 0.271 e. The van der Waals surface area contributed by atoms with E-state index in [0.717, 1.165) is 24.0 Å². The van der Waals surface area contributed by atoms with Gasteiger partial charge in [-0.3, -0.25) is 24.0 Å². The van der Waals surface area contributed by atoms with Gasteiger partial charge in [-0.05, 0) is 29.3 Å². The van der Waals surface area contributed by atoms with Crippen LogP contribution in [-0.4, -0.2) is 63.1 Å². The molecular formula is C27H28Cl2N4O7S. The number of nitrogens with zero attached hydrogens (tertiary/aromatic N) is 3. The lowest BCUT2D eigenvalue weighted by molar-refractivity contribution is -0.384. The molecule has 0 aliphatic carbocycles. The molecule has 0 saturated carbocycles. The number of likely N-dealkylation sites (N-methyl/N-ethyl adjacent to an activating group) is 1. The van der Waals surface area contributed by atoms with Crippen LogP contribution in [0.1, 0.15) is 11.1 Å². The Morgan fingerprint density at radius 2 is 1.76 bits per heavy atom. The summed E-state index contributed by atoms with van der Waals surface area (Å²) in [6.45, 7) is -0.951. The zero-order valence-corrected chi connectivity index (χ0v) is 24.7. The highest BCUT2D eigenvalue weighted by Gasteiger charge is 2.34. The summed E-state index contributed by atoms with van der Waals surface area (Å²) in [7, 11) is -1.49. The summed E-state index contributed by atoms with van der Waals surface area (Å²) < 4.78 is 31.9. The second kappa shape index (κ2) is 13.7. The highest BCUT2D eigenvalue weighted by molar-refractivity contribution is 7.92. The number of sulfonamides is 1. The van der Waals surface area contributed by atoms with Crippen molar-refractivity contribution in [2.24, 2.45) is 0 Å². The minimum atomic E-state index is -4.18. The molecule has 0 heterocycles. The number of non-ortho nitro benzene ring substituents is 1.